The highest BCUT2D eigenvalue weighted by Crippen LogP contribution is 2.27. The van der Waals surface area contributed by atoms with E-state index in [1.165, 1.54) is 0 Å². The predicted molar refractivity (Wildman–Crippen MR) is 99.6 cm³/mol. The molecule has 2 aromatic rings. The van der Waals surface area contributed by atoms with Crippen molar-refractivity contribution in [3.8, 4) is 5.75 Å². The Morgan fingerprint density at radius 2 is 1.88 bits per heavy atom. The molecule has 1 fully saturated rings. The van der Waals surface area contributed by atoms with Crippen molar-refractivity contribution in [3.05, 3.63) is 42.2 Å². The zero-order valence-corrected chi connectivity index (χ0v) is 14.9. The molecule has 4 rings (SSSR count). The Morgan fingerprint density at radius 1 is 1.15 bits per heavy atom. The van der Waals surface area contributed by atoms with Crippen LogP contribution in [0.2, 0.25) is 0 Å². The molecule has 1 amide bonds. The number of nitrogens with one attached hydrogen (secondary N) is 1. The van der Waals surface area contributed by atoms with Crippen molar-refractivity contribution in [1.29, 1.82) is 0 Å². The lowest BCUT2D eigenvalue weighted by molar-refractivity contribution is -0.123. The highest BCUT2D eigenvalue weighted by atomic mass is 16.5. The first kappa shape index (κ1) is 16.8. The van der Waals surface area contributed by atoms with E-state index in [0.717, 1.165) is 43.9 Å². The van der Waals surface area contributed by atoms with Crippen LogP contribution in [0, 0.1) is 0 Å². The van der Waals surface area contributed by atoms with Crippen molar-refractivity contribution in [2.75, 3.05) is 43.4 Å². The van der Waals surface area contributed by atoms with Crippen LogP contribution in [0.3, 0.4) is 0 Å². The second-order valence-electron chi connectivity index (χ2n) is 6.80. The highest BCUT2D eigenvalue weighted by Gasteiger charge is 2.26. The fourth-order valence-corrected chi connectivity index (χ4v) is 3.29. The van der Waals surface area contributed by atoms with E-state index in [9.17, 15) is 4.79 Å². The molecule has 1 unspecified atom stereocenters. The molecule has 1 N–H and O–H groups in total. The molecule has 1 saturated heterocycles. The van der Waals surface area contributed by atoms with Crippen LogP contribution in [-0.2, 0) is 11.2 Å². The maximum absolute atomic E-state index is 12.5. The summed E-state index contributed by atoms with van der Waals surface area (Å²) in [7, 11) is 2.11. The van der Waals surface area contributed by atoms with Crippen molar-refractivity contribution in [3.63, 3.8) is 0 Å². The van der Waals surface area contributed by atoms with Gasteiger partial charge in [0.15, 0.2) is 6.10 Å². The molecule has 0 spiro atoms. The molecule has 1 aromatic carbocycles. The van der Waals surface area contributed by atoms with Gasteiger partial charge < -0.3 is 19.9 Å². The monoisotopic (exact) mass is 353 g/mol. The third kappa shape index (κ3) is 3.62. The Labute approximate surface area is 153 Å². The second-order valence-corrected chi connectivity index (χ2v) is 6.80. The number of carbonyl (C=O) groups excluding carboxylic acids is 1. The number of rotatable bonds is 3. The minimum atomic E-state index is -0.484. The Kier molecular flexibility index (Phi) is 4.71. The summed E-state index contributed by atoms with van der Waals surface area (Å²) in [5.74, 6) is 1.34. The maximum Gasteiger partial charge on any atom is 0.265 e. The molecule has 26 heavy (non-hydrogen) atoms. The topological polar surface area (TPSA) is 70.6 Å². The van der Waals surface area contributed by atoms with Gasteiger partial charge in [-0.15, -0.1) is 0 Å². The van der Waals surface area contributed by atoms with Gasteiger partial charge in [0.05, 0.1) is 18.1 Å². The molecule has 0 saturated carbocycles. The highest BCUT2D eigenvalue weighted by molar-refractivity contribution is 5.94. The van der Waals surface area contributed by atoms with E-state index in [0.29, 0.717) is 18.1 Å². The van der Waals surface area contributed by atoms with E-state index in [1.54, 1.807) is 12.4 Å². The van der Waals surface area contributed by atoms with Crippen molar-refractivity contribution in [1.82, 2.24) is 14.9 Å². The maximum atomic E-state index is 12.5. The molecule has 2 aliphatic rings. The Morgan fingerprint density at radius 3 is 2.65 bits per heavy atom. The van der Waals surface area contributed by atoms with Crippen LogP contribution >= 0.6 is 0 Å². The van der Waals surface area contributed by atoms with E-state index < -0.39 is 6.10 Å². The van der Waals surface area contributed by atoms with Crippen LogP contribution in [0.5, 0.6) is 5.75 Å². The van der Waals surface area contributed by atoms with Crippen LogP contribution < -0.4 is 15.0 Å². The lowest BCUT2D eigenvalue weighted by atomic mass is 10.0. The molecule has 0 aliphatic carbocycles. The van der Waals surface area contributed by atoms with Gasteiger partial charge in [0.2, 0.25) is 5.95 Å². The third-order valence-electron chi connectivity index (χ3n) is 4.90. The van der Waals surface area contributed by atoms with Crippen LogP contribution in [-0.4, -0.2) is 60.1 Å². The van der Waals surface area contributed by atoms with Gasteiger partial charge in [-0.05, 0) is 31.5 Å². The second kappa shape index (κ2) is 7.29. The fourth-order valence-electron chi connectivity index (χ4n) is 3.29. The number of benzene rings is 1. The quantitative estimate of drug-likeness (QED) is 0.903. The number of para-hydroxylation sites is 1. The molecule has 3 heterocycles. The number of likely N-dealkylation sites (N-methyl/N-ethyl adjacent to an activating group) is 1. The van der Waals surface area contributed by atoms with Gasteiger partial charge in [-0.25, -0.2) is 9.97 Å². The largest absolute Gasteiger partial charge is 0.480 e. The molecular formula is C19H23N5O2. The van der Waals surface area contributed by atoms with E-state index >= 15 is 0 Å². The SMILES string of the molecule is CN1CCN(c2ncc(NC(=O)C3CCc4ccccc4O3)cn2)CC1. The lowest BCUT2D eigenvalue weighted by Crippen LogP contribution is -2.45. The standard InChI is InChI=1S/C19H23N5O2/c1-23-8-10-24(11-9-23)19-20-12-15(13-21-19)22-18(25)17-7-6-14-4-2-3-5-16(14)26-17/h2-5,12-13,17H,6-11H2,1H3,(H,22,25). The van der Waals surface area contributed by atoms with Gasteiger partial charge in [-0.2, -0.15) is 0 Å². The number of piperazine rings is 1. The zero-order valence-electron chi connectivity index (χ0n) is 14.9. The molecular weight excluding hydrogens is 330 g/mol. The van der Waals surface area contributed by atoms with Gasteiger partial charge in [-0.3, -0.25) is 4.79 Å². The Bertz CT molecular complexity index is 772. The zero-order chi connectivity index (χ0) is 17.9. The number of ether oxygens (including phenoxy) is 1. The molecule has 0 bridgehead atoms. The molecule has 0 radical (unpaired) electrons. The number of fused-ring (bicyclic) bond motifs is 1. The first-order chi connectivity index (χ1) is 12.7. The van der Waals surface area contributed by atoms with Gasteiger partial charge >= 0.3 is 0 Å². The molecule has 7 nitrogen and oxygen atoms in total. The van der Waals surface area contributed by atoms with Crippen molar-refractivity contribution in [2.24, 2.45) is 0 Å². The third-order valence-corrected chi connectivity index (χ3v) is 4.90. The molecule has 1 atom stereocenters. The van der Waals surface area contributed by atoms with E-state index in [4.69, 9.17) is 4.74 Å². The average Bonchev–Trinajstić information content (AvgIpc) is 2.69. The summed E-state index contributed by atoms with van der Waals surface area (Å²) in [5, 5.41) is 2.86. The minimum Gasteiger partial charge on any atom is -0.480 e. The number of amides is 1. The summed E-state index contributed by atoms with van der Waals surface area (Å²) in [4.78, 5) is 25.7. The number of anilines is 2. The number of carbonyl (C=O) groups is 1. The van der Waals surface area contributed by atoms with Gasteiger partial charge in [0.1, 0.15) is 5.75 Å². The van der Waals surface area contributed by atoms with Crippen LogP contribution in [0.25, 0.3) is 0 Å². The molecule has 136 valence electrons. The minimum absolute atomic E-state index is 0.157. The van der Waals surface area contributed by atoms with E-state index in [2.05, 4.69) is 32.1 Å². The summed E-state index contributed by atoms with van der Waals surface area (Å²) in [6.07, 6.45) is 4.35. The summed E-state index contributed by atoms with van der Waals surface area (Å²) >= 11 is 0. The number of hydrogen-bond acceptors (Lipinski definition) is 6. The summed E-state index contributed by atoms with van der Waals surface area (Å²) in [5.41, 5.74) is 1.74. The number of hydrogen-bond donors (Lipinski definition) is 1. The van der Waals surface area contributed by atoms with E-state index in [1.807, 2.05) is 24.3 Å². The molecule has 7 heteroatoms. The fraction of sp³-hybridized carbons (Fsp3) is 0.421. The first-order valence-electron chi connectivity index (χ1n) is 9.00. The first-order valence-corrected chi connectivity index (χ1v) is 9.00. The van der Waals surface area contributed by atoms with Gasteiger partial charge in [-0.1, -0.05) is 18.2 Å². The lowest BCUT2D eigenvalue weighted by Gasteiger charge is -2.32. The van der Waals surface area contributed by atoms with Gasteiger partial charge in [0, 0.05) is 26.2 Å². The molecule has 1 aromatic heterocycles. The average molecular weight is 353 g/mol. The molecule has 2 aliphatic heterocycles. The van der Waals surface area contributed by atoms with Crippen molar-refractivity contribution in [2.45, 2.75) is 18.9 Å². The van der Waals surface area contributed by atoms with Crippen molar-refractivity contribution >= 4 is 17.5 Å². The number of aryl methyl sites for hydroxylation is 1. The van der Waals surface area contributed by atoms with Gasteiger partial charge in [0.25, 0.3) is 5.91 Å². The smallest absolute Gasteiger partial charge is 0.265 e. The Hall–Kier alpha value is -2.67. The van der Waals surface area contributed by atoms with Crippen LogP contribution in [0.15, 0.2) is 36.7 Å². The summed E-state index contributed by atoms with van der Waals surface area (Å²) < 4.78 is 5.83. The van der Waals surface area contributed by atoms with Crippen LogP contribution in [0.4, 0.5) is 11.6 Å². The Balaban J connectivity index is 1.36. The predicted octanol–water partition coefficient (Wildman–Crippen LogP) is 1.56. The summed E-state index contributed by atoms with van der Waals surface area (Å²) in [6.45, 7) is 3.83. The number of aromatic nitrogens is 2. The van der Waals surface area contributed by atoms with Crippen molar-refractivity contribution < 1.29 is 9.53 Å². The van der Waals surface area contributed by atoms with E-state index in [-0.39, 0.29) is 5.91 Å². The van der Waals surface area contributed by atoms with Crippen LogP contribution in [0.1, 0.15) is 12.0 Å². The summed E-state index contributed by atoms with van der Waals surface area (Å²) in [6, 6.07) is 7.85. The normalized spacial score (nSPS) is 20.2. The number of nitrogens with zero attached hydrogens (tertiary/aromatic N) is 4.